The van der Waals surface area contributed by atoms with Crippen molar-refractivity contribution in [2.24, 2.45) is 11.7 Å². The number of likely N-dealkylation sites (tertiary alicyclic amines) is 1. The molecule has 1 saturated heterocycles. The van der Waals surface area contributed by atoms with E-state index in [2.05, 4.69) is 9.36 Å². The highest BCUT2D eigenvalue weighted by molar-refractivity contribution is 7.09. The lowest BCUT2D eigenvalue weighted by molar-refractivity contribution is -0.133. The van der Waals surface area contributed by atoms with Crippen molar-refractivity contribution in [1.29, 1.82) is 0 Å². The standard InChI is InChI=1S/C24H26FN5O2S/c25-20-8-6-17(7-9-20)14-21-27-24(33-28-21)30(15-18-4-2-1-3-5-18)16-22(31)29-12-10-19(11-13-29)23(26)32/h1-9,19H,10-16H2,(H2,26,32). The third-order valence-corrected chi connectivity index (χ3v) is 6.61. The van der Waals surface area contributed by atoms with Crippen LogP contribution in [-0.2, 0) is 22.6 Å². The molecular weight excluding hydrogens is 441 g/mol. The number of anilines is 1. The summed E-state index contributed by atoms with van der Waals surface area (Å²) in [5.74, 6) is -0.112. The maximum atomic E-state index is 13.2. The molecule has 7 nitrogen and oxygen atoms in total. The van der Waals surface area contributed by atoms with Crippen LogP contribution in [0.15, 0.2) is 54.6 Å². The first kappa shape index (κ1) is 22.8. The summed E-state index contributed by atoms with van der Waals surface area (Å²) in [7, 11) is 0. The van der Waals surface area contributed by atoms with Crippen LogP contribution < -0.4 is 10.6 Å². The normalized spacial score (nSPS) is 14.3. The van der Waals surface area contributed by atoms with Crippen molar-refractivity contribution in [3.8, 4) is 0 Å². The minimum Gasteiger partial charge on any atom is -0.369 e. The van der Waals surface area contributed by atoms with Crippen molar-refractivity contribution in [3.05, 3.63) is 77.4 Å². The van der Waals surface area contributed by atoms with Crippen LogP contribution in [0.5, 0.6) is 0 Å². The van der Waals surface area contributed by atoms with Crippen molar-refractivity contribution >= 4 is 28.5 Å². The summed E-state index contributed by atoms with van der Waals surface area (Å²) < 4.78 is 17.6. The first-order chi connectivity index (χ1) is 16.0. The molecule has 1 aliphatic heterocycles. The van der Waals surface area contributed by atoms with Gasteiger partial charge in [-0.2, -0.15) is 4.37 Å². The minimum absolute atomic E-state index is 0.0101. The number of piperidine rings is 1. The second-order valence-corrected chi connectivity index (χ2v) is 8.93. The fourth-order valence-electron chi connectivity index (χ4n) is 3.90. The van der Waals surface area contributed by atoms with Gasteiger partial charge in [0.1, 0.15) is 11.6 Å². The van der Waals surface area contributed by atoms with Crippen LogP contribution >= 0.6 is 11.5 Å². The molecule has 2 amide bonds. The first-order valence-corrected chi connectivity index (χ1v) is 11.7. The van der Waals surface area contributed by atoms with Gasteiger partial charge in [-0.05, 0) is 36.1 Å². The highest BCUT2D eigenvalue weighted by atomic mass is 32.1. The fraction of sp³-hybridized carbons (Fsp3) is 0.333. The maximum absolute atomic E-state index is 13.2. The average molecular weight is 468 g/mol. The lowest BCUT2D eigenvalue weighted by atomic mass is 9.96. The van der Waals surface area contributed by atoms with Crippen molar-refractivity contribution in [1.82, 2.24) is 14.3 Å². The van der Waals surface area contributed by atoms with E-state index in [1.807, 2.05) is 35.2 Å². The van der Waals surface area contributed by atoms with Gasteiger partial charge in [-0.15, -0.1) is 0 Å². The predicted molar refractivity (Wildman–Crippen MR) is 125 cm³/mol. The number of carbonyl (C=O) groups excluding carboxylic acids is 2. The van der Waals surface area contributed by atoms with Crippen LogP contribution in [0.2, 0.25) is 0 Å². The molecule has 0 atom stereocenters. The van der Waals surface area contributed by atoms with E-state index in [4.69, 9.17) is 5.73 Å². The van der Waals surface area contributed by atoms with Gasteiger partial charge in [0.25, 0.3) is 0 Å². The number of carbonyl (C=O) groups is 2. The van der Waals surface area contributed by atoms with E-state index in [0.29, 0.717) is 49.9 Å². The molecule has 1 aliphatic rings. The summed E-state index contributed by atoms with van der Waals surface area (Å²) >= 11 is 1.25. The zero-order chi connectivity index (χ0) is 23.2. The van der Waals surface area contributed by atoms with E-state index in [-0.39, 0.29) is 30.1 Å². The van der Waals surface area contributed by atoms with Crippen molar-refractivity contribution in [2.45, 2.75) is 25.8 Å². The second kappa shape index (κ2) is 10.5. The van der Waals surface area contributed by atoms with E-state index in [1.165, 1.54) is 23.7 Å². The second-order valence-electron chi connectivity index (χ2n) is 8.20. The van der Waals surface area contributed by atoms with Crippen molar-refractivity contribution in [2.75, 3.05) is 24.5 Å². The van der Waals surface area contributed by atoms with Crippen LogP contribution in [0.3, 0.4) is 0 Å². The van der Waals surface area contributed by atoms with Crippen LogP contribution in [0.4, 0.5) is 9.52 Å². The van der Waals surface area contributed by atoms with Gasteiger partial charge in [-0.1, -0.05) is 42.5 Å². The Morgan fingerprint density at radius 1 is 1.06 bits per heavy atom. The molecule has 33 heavy (non-hydrogen) atoms. The number of hydrogen-bond acceptors (Lipinski definition) is 6. The number of halogens is 1. The zero-order valence-electron chi connectivity index (χ0n) is 18.2. The molecule has 2 heterocycles. The summed E-state index contributed by atoms with van der Waals surface area (Å²) in [6.07, 6.45) is 1.69. The highest BCUT2D eigenvalue weighted by Crippen LogP contribution is 2.23. The lowest BCUT2D eigenvalue weighted by Crippen LogP contribution is -2.45. The summed E-state index contributed by atoms with van der Waals surface area (Å²) in [4.78, 5) is 32.9. The summed E-state index contributed by atoms with van der Waals surface area (Å²) in [5, 5.41) is 0.663. The Labute approximate surface area is 196 Å². The summed E-state index contributed by atoms with van der Waals surface area (Å²) in [6, 6.07) is 16.2. The van der Waals surface area contributed by atoms with Crippen LogP contribution in [0.1, 0.15) is 29.8 Å². The van der Waals surface area contributed by atoms with E-state index in [9.17, 15) is 14.0 Å². The largest absolute Gasteiger partial charge is 0.369 e. The number of nitrogens with two attached hydrogens (primary N) is 1. The molecule has 3 aromatic rings. The van der Waals surface area contributed by atoms with Crippen LogP contribution in [0, 0.1) is 11.7 Å². The monoisotopic (exact) mass is 467 g/mol. The van der Waals surface area contributed by atoms with Crippen LogP contribution in [0.25, 0.3) is 0 Å². The minimum atomic E-state index is -0.296. The molecular formula is C24H26FN5O2S. The van der Waals surface area contributed by atoms with E-state index >= 15 is 0 Å². The Morgan fingerprint density at radius 3 is 2.42 bits per heavy atom. The van der Waals surface area contributed by atoms with E-state index < -0.39 is 0 Å². The third-order valence-electron chi connectivity index (χ3n) is 5.80. The molecule has 0 spiro atoms. The number of nitrogens with zero attached hydrogens (tertiary/aromatic N) is 4. The number of benzene rings is 2. The number of aromatic nitrogens is 2. The van der Waals surface area contributed by atoms with Gasteiger partial charge < -0.3 is 15.5 Å². The zero-order valence-corrected chi connectivity index (χ0v) is 19.0. The van der Waals surface area contributed by atoms with Crippen LogP contribution in [-0.4, -0.2) is 45.7 Å². The van der Waals surface area contributed by atoms with Gasteiger partial charge in [0.15, 0.2) is 0 Å². The van der Waals surface area contributed by atoms with Gasteiger partial charge in [-0.3, -0.25) is 9.59 Å². The molecule has 1 fully saturated rings. The molecule has 172 valence electrons. The first-order valence-electron chi connectivity index (χ1n) is 10.9. The Balaban J connectivity index is 1.47. The van der Waals surface area contributed by atoms with Gasteiger partial charge in [0.05, 0.1) is 6.54 Å². The molecule has 2 N–H and O–H groups in total. The van der Waals surface area contributed by atoms with Gasteiger partial charge in [0, 0.05) is 43.5 Å². The predicted octanol–water partition coefficient (Wildman–Crippen LogP) is 3.00. The Kier molecular flexibility index (Phi) is 7.29. The smallest absolute Gasteiger partial charge is 0.242 e. The maximum Gasteiger partial charge on any atom is 0.242 e. The topological polar surface area (TPSA) is 92.4 Å². The molecule has 2 aromatic carbocycles. The van der Waals surface area contributed by atoms with Gasteiger partial charge >= 0.3 is 0 Å². The number of rotatable bonds is 8. The quantitative estimate of drug-likeness (QED) is 0.550. The van der Waals surface area contributed by atoms with Gasteiger partial charge in [0.2, 0.25) is 16.9 Å². The third kappa shape index (κ3) is 6.13. The molecule has 9 heteroatoms. The van der Waals surface area contributed by atoms with Crippen molar-refractivity contribution in [3.63, 3.8) is 0 Å². The van der Waals surface area contributed by atoms with Gasteiger partial charge in [-0.25, -0.2) is 9.37 Å². The Morgan fingerprint density at radius 2 is 1.76 bits per heavy atom. The lowest BCUT2D eigenvalue weighted by Gasteiger charge is -2.32. The molecule has 0 unspecified atom stereocenters. The average Bonchev–Trinajstić information content (AvgIpc) is 3.29. The molecule has 0 aliphatic carbocycles. The molecule has 1 aromatic heterocycles. The number of amides is 2. The molecule has 4 rings (SSSR count). The SMILES string of the molecule is NC(=O)C1CCN(C(=O)CN(Cc2ccccc2)c2nc(Cc3ccc(F)cc3)ns2)CC1. The molecule has 0 saturated carbocycles. The Hall–Kier alpha value is -3.33. The fourth-order valence-corrected chi connectivity index (χ4v) is 4.58. The highest BCUT2D eigenvalue weighted by Gasteiger charge is 2.27. The Bertz CT molecular complexity index is 1080. The number of primary amides is 1. The van der Waals surface area contributed by atoms with E-state index in [0.717, 1.165) is 11.1 Å². The van der Waals surface area contributed by atoms with E-state index in [1.54, 1.807) is 17.0 Å². The summed E-state index contributed by atoms with van der Waals surface area (Å²) in [6.45, 7) is 1.74. The van der Waals surface area contributed by atoms with Crippen molar-refractivity contribution < 1.29 is 14.0 Å². The molecule has 0 radical (unpaired) electrons. The molecule has 0 bridgehead atoms. The number of hydrogen-bond donors (Lipinski definition) is 1. The summed E-state index contributed by atoms with van der Waals surface area (Å²) in [5.41, 5.74) is 7.40.